The summed E-state index contributed by atoms with van der Waals surface area (Å²) in [5, 5.41) is 20.7. The summed E-state index contributed by atoms with van der Waals surface area (Å²) < 4.78 is 0. The third-order valence-corrected chi connectivity index (χ3v) is 3.38. The Labute approximate surface area is 139 Å². The quantitative estimate of drug-likeness (QED) is 0.632. The second kappa shape index (κ2) is 8.30. The van der Waals surface area contributed by atoms with E-state index >= 15 is 0 Å². The van der Waals surface area contributed by atoms with Crippen LogP contribution in [0.2, 0.25) is 0 Å². The van der Waals surface area contributed by atoms with E-state index in [1.807, 2.05) is 36.4 Å². The van der Waals surface area contributed by atoms with Crippen molar-refractivity contribution in [3.63, 3.8) is 0 Å². The number of hydrogen-bond acceptors (Lipinski definition) is 3. The van der Waals surface area contributed by atoms with E-state index < -0.39 is 11.9 Å². The summed E-state index contributed by atoms with van der Waals surface area (Å²) in [6, 6.07) is 17.6. The molecule has 0 bridgehead atoms. The number of amides is 1. The Morgan fingerprint density at radius 3 is 2.33 bits per heavy atom. The van der Waals surface area contributed by atoms with Crippen molar-refractivity contribution in [3.8, 4) is 6.07 Å². The third-order valence-electron chi connectivity index (χ3n) is 3.38. The lowest BCUT2D eigenvalue weighted by atomic mass is 10.1. The van der Waals surface area contributed by atoms with Gasteiger partial charge >= 0.3 is 5.97 Å². The molecule has 0 atom stereocenters. The van der Waals surface area contributed by atoms with Gasteiger partial charge < -0.3 is 10.4 Å². The maximum Gasteiger partial charge on any atom is 0.335 e. The first-order valence-corrected chi connectivity index (χ1v) is 7.37. The zero-order valence-electron chi connectivity index (χ0n) is 12.9. The largest absolute Gasteiger partial charge is 0.478 e. The molecule has 0 saturated carbocycles. The molecule has 5 nitrogen and oxygen atoms in total. The van der Waals surface area contributed by atoms with E-state index in [2.05, 4.69) is 5.32 Å². The van der Waals surface area contributed by atoms with Gasteiger partial charge in [0.2, 0.25) is 0 Å². The minimum atomic E-state index is -1.02. The van der Waals surface area contributed by atoms with E-state index in [-0.39, 0.29) is 11.1 Å². The lowest BCUT2D eigenvalue weighted by Crippen LogP contribution is -2.26. The zero-order chi connectivity index (χ0) is 17.4. The van der Waals surface area contributed by atoms with Crippen LogP contribution in [-0.2, 0) is 11.2 Å². The number of nitrogens with zero attached hydrogens (tertiary/aromatic N) is 1. The highest BCUT2D eigenvalue weighted by atomic mass is 16.4. The lowest BCUT2D eigenvalue weighted by Gasteiger charge is -2.04. The molecule has 2 rings (SSSR count). The Hall–Kier alpha value is -3.39. The van der Waals surface area contributed by atoms with Gasteiger partial charge in [0.15, 0.2) is 0 Å². The van der Waals surface area contributed by atoms with Crippen LogP contribution in [0.15, 0.2) is 60.2 Å². The predicted octanol–water partition coefficient (Wildman–Crippen LogP) is 2.65. The lowest BCUT2D eigenvalue weighted by molar-refractivity contribution is -0.117. The average molecular weight is 320 g/mol. The maximum atomic E-state index is 12.0. The van der Waals surface area contributed by atoms with Gasteiger partial charge in [-0.05, 0) is 35.8 Å². The molecule has 0 unspecified atom stereocenters. The fourth-order valence-corrected chi connectivity index (χ4v) is 2.10. The van der Waals surface area contributed by atoms with E-state index in [9.17, 15) is 9.59 Å². The summed E-state index contributed by atoms with van der Waals surface area (Å²) in [6.07, 6.45) is 2.11. The van der Waals surface area contributed by atoms with Crippen molar-refractivity contribution < 1.29 is 14.7 Å². The molecule has 2 aromatic carbocycles. The van der Waals surface area contributed by atoms with Gasteiger partial charge in [-0.15, -0.1) is 0 Å². The molecule has 0 aliphatic carbocycles. The smallest absolute Gasteiger partial charge is 0.335 e. The standard InChI is InChI=1S/C19H16N2O3/c20-13-17(12-15-6-8-16(9-7-15)19(23)24)18(22)21-11-10-14-4-2-1-3-5-14/h1-9,12H,10-11H2,(H,21,22)(H,23,24)/b17-12+. The summed E-state index contributed by atoms with van der Waals surface area (Å²) in [7, 11) is 0. The second-order valence-electron chi connectivity index (χ2n) is 5.09. The minimum Gasteiger partial charge on any atom is -0.478 e. The summed E-state index contributed by atoms with van der Waals surface area (Å²) in [5.74, 6) is -1.47. The van der Waals surface area contributed by atoms with Gasteiger partial charge in [0.05, 0.1) is 5.56 Å². The van der Waals surface area contributed by atoms with Crippen LogP contribution in [0.1, 0.15) is 21.5 Å². The molecule has 0 spiro atoms. The predicted molar refractivity (Wildman–Crippen MR) is 90.1 cm³/mol. The second-order valence-corrected chi connectivity index (χ2v) is 5.09. The minimum absolute atomic E-state index is 0.0221. The summed E-state index contributed by atoms with van der Waals surface area (Å²) in [6.45, 7) is 0.430. The van der Waals surface area contributed by atoms with Gasteiger partial charge in [-0.2, -0.15) is 5.26 Å². The van der Waals surface area contributed by atoms with Crippen molar-refractivity contribution in [1.82, 2.24) is 5.32 Å². The number of rotatable bonds is 6. The van der Waals surface area contributed by atoms with Gasteiger partial charge in [-0.25, -0.2) is 4.79 Å². The third kappa shape index (κ3) is 4.82. The molecule has 0 heterocycles. The van der Waals surface area contributed by atoms with Crippen molar-refractivity contribution in [2.75, 3.05) is 6.54 Å². The van der Waals surface area contributed by atoms with Gasteiger partial charge in [0, 0.05) is 6.54 Å². The Morgan fingerprint density at radius 1 is 1.08 bits per heavy atom. The van der Waals surface area contributed by atoms with E-state index in [1.165, 1.54) is 18.2 Å². The van der Waals surface area contributed by atoms with Crippen LogP contribution >= 0.6 is 0 Å². The van der Waals surface area contributed by atoms with Crippen LogP contribution in [0.4, 0.5) is 0 Å². The molecule has 5 heteroatoms. The Balaban J connectivity index is 1.97. The van der Waals surface area contributed by atoms with E-state index in [1.54, 1.807) is 12.1 Å². The zero-order valence-corrected chi connectivity index (χ0v) is 12.9. The Kier molecular flexibility index (Phi) is 5.87. The molecule has 1 amide bonds. The maximum absolute atomic E-state index is 12.0. The van der Waals surface area contributed by atoms with E-state index in [0.29, 0.717) is 18.5 Å². The summed E-state index contributed by atoms with van der Waals surface area (Å²) in [5.41, 5.74) is 1.82. The number of benzene rings is 2. The van der Waals surface area contributed by atoms with Gasteiger partial charge in [0.25, 0.3) is 5.91 Å². The molecule has 0 aromatic heterocycles. The number of carboxylic acid groups (broad SMARTS) is 1. The highest BCUT2D eigenvalue weighted by molar-refractivity contribution is 6.01. The molecule has 24 heavy (non-hydrogen) atoms. The number of carboxylic acids is 1. The first-order chi connectivity index (χ1) is 11.6. The van der Waals surface area contributed by atoms with E-state index in [0.717, 1.165) is 5.56 Å². The molecule has 0 aliphatic heterocycles. The highest BCUT2D eigenvalue weighted by Gasteiger charge is 2.09. The molecule has 0 fully saturated rings. The molecule has 0 saturated heterocycles. The van der Waals surface area contributed by atoms with Crippen molar-refractivity contribution in [1.29, 1.82) is 5.26 Å². The number of nitriles is 1. The first kappa shape index (κ1) is 17.0. The fraction of sp³-hybridized carbons (Fsp3) is 0.105. The highest BCUT2D eigenvalue weighted by Crippen LogP contribution is 2.09. The van der Waals surface area contributed by atoms with Crippen LogP contribution in [0.5, 0.6) is 0 Å². The fourth-order valence-electron chi connectivity index (χ4n) is 2.10. The van der Waals surface area contributed by atoms with E-state index in [4.69, 9.17) is 10.4 Å². The van der Waals surface area contributed by atoms with Crippen LogP contribution in [0, 0.1) is 11.3 Å². The average Bonchev–Trinajstić information content (AvgIpc) is 2.60. The van der Waals surface area contributed by atoms with Crippen molar-refractivity contribution >= 4 is 18.0 Å². The molecule has 120 valence electrons. The van der Waals surface area contributed by atoms with Crippen LogP contribution in [0.3, 0.4) is 0 Å². The van der Waals surface area contributed by atoms with Crippen LogP contribution < -0.4 is 5.32 Å². The molecular weight excluding hydrogens is 304 g/mol. The SMILES string of the molecule is N#C/C(=C\c1ccc(C(=O)O)cc1)C(=O)NCCc1ccccc1. The number of aromatic carboxylic acids is 1. The van der Waals surface area contributed by atoms with Crippen LogP contribution in [-0.4, -0.2) is 23.5 Å². The molecule has 0 radical (unpaired) electrons. The van der Waals surface area contributed by atoms with Gasteiger partial charge in [0.1, 0.15) is 11.6 Å². The number of carbonyl (C=O) groups excluding carboxylic acids is 1. The summed E-state index contributed by atoms with van der Waals surface area (Å²) >= 11 is 0. The summed E-state index contributed by atoms with van der Waals surface area (Å²) in [4.78, 5) is 22.9. The normalized spacial score (nSPS) is 10.7. The Morgan fingerprint density at radius 2 is 1.75 bits per heavy atom. The number of hydrogen-bond donors (Lipinski definition) is 2. The first-order valence-electron chi connectivity index (χ1n) is 7.37. The topological polar surface area (TPSA) is 90.2 Å². The molecule has 0 aliphatic rings. The number of nitrogens with one attached hydrogen (secondary N) is 1. The van der Waals surface area contributed by atoms with Crippen molar-refractivity contribution in [2.24, 2.45) is 0 Å². The van der Waals surface area contributed by atoms with Crippen molar-refractivity contribution in [3.05, 3.63) is 76.9 Å². The Bertz CT molecular complexity index is 788. The monoisotopic (exact) mass is 320 g/mol. The van der Waals surface area contributed by atoms with Crippen LogP contribution in [0.25, 0.3) is 6.08 Å². The molecular formula is C19H16N2O3. The van der Waals surface area contributed by atoms with Crippen molar-refractivity contribution in [2.45, 2.75) is 6.42 Å². The van der Waals surface area contributed by atoms with Gasteiger partial charge in [-0.3, -0.25) is 4.79 Å². The number of carbonyl (C=O) groups is 2. The molecule has 2 N–H and O–H groups in total. The molecule has 2 aromatic rings. The van der Waals surface area contributed by atoms with Gasteiger partial charge in [-0.1, -0.05) is 42.5 Å².